The Morgan fingerprint density at radius 1 is 0.906 bits per heavy atom. The SMILES string of the molecule is Cc1ccc(C=NNC(=O)C(=Cc2ccc3c(c2)OCO3)NC(=O)c2ccccc2)cc1. The average molecular weight is 427 g/mol. The Morgan fingerprint density at radius 3 is 2.41 bits per heavy atom. The molecule has 1 aliphatic heterocycles. The fraction of sp³-hybridized carbons (Fsp3) is 0.0800. The molecule has 0 spiro atoms. The number of nitrogens with zero attached hydrogens (tertiary/aromatic N) is 1. The molecule has 0 saturated carbocycles. The van der Waals surface area contributed by atoms with E-state index >= 15 is 0 Å². The van der Waals surface area contributed by atoms with Crippen LogP contribution in [0.3, 0.4) is 0 Å². The Balaban J connectivity index is 1.55. The number of hydrogen-bond donors (Lipinski definition) is 2. The van der Waals surface area contributed by atoms with Gasteiger partial charge < -0.3 is 14.8 Å². The summed E-state index contributed by atoms with van der Waals surface area (Å²) in [4.78, 5) is 25.5. The van der Waals surface area contributed by atoms with Crippen LogP contribution in [0.15, 0.2) is 83.6 Å². The third kappa shape index (κ3) is 5.20. The van der Waals surface area contributed by atoms with E-state index in [9.17, 15) is 9.59 Å². The summed E-state index contributed by atoms with van der Waals surface area (Å²) in [6.07, 6.45) is 3.09. The molecule has 4 rings (SSSR count). The van der Waals surface area contributed by atoms with Gasteiger partial charge in [0.15, 0.2) is 11.5 Å². The van der Waals surface area contributed by atoms with Gasteiger partial charge in [0.25, 0.3) is 11.8 Å². The molecule has 0 atom stereocenters. The van der Waals surface area contributed by atoms with Crippen LogP contribution in [0.5, 0.6) is 11.5 Å². The Morgan fingerprint density at radius 2 is 1.62 bits per heavy atom. The minimum atomic E-state index is -0.560. The number of hydrogen-bond acceptors (Lipinski definition) is 5. The second-order valence-electron chi connectivity index (χ2n) is 7.10. The molecule has 3 aromatic carbocycles. The molecular weight excluding hydrogens is 406 g/mol. The van der Waals surface area contributed by atoms with Gasteiger partial charge in [-0.15, -0.1) is 0 Å². The van der Waals surface area contributed by atoms with E-state index in [1.165, 1.54) is 6.21 Å². The maximum atomic E-state index is 12.8. The zero-order valence-corrected chi connectivity index (χ0v) is 17.4. The Kier molecular flexibility index (Phi) is 6.27. The predicted octanol–water partition coefficient (Wildman–Crippen LogP) is 3.64. The molecule has 2 N–H and O–H groups in total. The summed E-state index contributed by atoms with van der Waals surface area (Å²) in [5.41, 5.74) is 5.57. The van der Waals surface area contributed by atoms with Crippen LogP contribution in [0.2, 0.25) is 0 Å². The smallest absolute Gasteiger partial charge is 0.287 e. The van der Waals surface area contributed by atoms with E-state index in [0.717, 1.165) is 11.1 Å². The first-order chi connectivity index (χ1) is 15.6. The number of aryl methyl sites for hydroxylation is 1. The normalized spacial score (nSPS) is 12.6. The highest BCUT2D eigenvalue weighted by atomic mass is 16.7. The highest BCUT2D eigenvalue weighted by Gasteiger charge is 2.16. The molecule has 1 aliphatic rings. The number of hydrazone groups is 1. The van der Waals surface area contributed by atoms with Crippen LogP contribution in [0.4, 0.5) is 0 Å². The van der Waals surface area contributed by atoms with Crippen LogP contribution in [0.1, 0.15) is 27.0 Å². The van der Waals surface area contributed by atoms with Crippen LogP contribution >= 0.6 is 0 Å². The molecule has 160 valence electrons. The molecule has 0 radical (unpaired) electrons. The van der Waals surface area contributed by atoms with Crippen molar-refractivity contribution in [3.05, 3.63) is 101 Å². The zero-order chi connectivity index (χ0) is 22.3. The summed E-state index contributed by atoms with van der Waals surface area (Å²) < 4.78 is 10.7. The summed E-state index contributed by atoms with van der Waals surface area (Å²) >= 11 is 0. The highest BCUT2D eigenvalue weighted by Crippen LogP contribution is 2.33. The maximum Gasteiger partial charge on any atom is 0.287 e. The van der Waals surface area contributed by atoms with E-state index < -0.39 is 11.8 Å². The number of rotatable bonds is 6. The molecule has 1 heterocycles. The van der Waals surface area contributed by atoms with Gasteiger partial charge in [-0.1, -0.05) is 54.1 Å². The molecule has 32 heavy (non-hydrogen) atoms. The molecular formula is C25H21N3O4. The van der Waals surface area contributed by atoms with Gasteiger partial charge in [-0.05, 0) is 48.4 Å². The third-order valence-electron chi connectivity index (χ3n) is 4.69. The molecule has 7 nitrogen and oxygen atoms in total. The number of amides is 2. The van der Waals surface area contributed by atoms with Crippen molar-refractivity contribution in [1.82, 2.24) is 10.7 Å². The second kappa shape index (κ2) is 9.61. The number of carbonyl (C=O) groups excluding carboxylic acids is 2. The van der Waals surface area contributed by atoms with Crippen LogP contribution < -0.4 is 20.2 Å². The molecule has 0 aliphatic carbocycles. The Labute approximate surface area is 185 Å². The lowest BCUT2D eigenvalue weighted by molar-refractivity contribution is -0.117. The molecule has 0 saturated heterocycles. The molecule has 0 unspecified atom stereocenters. The van der Waals surface area contributed by atoms with Crippen LogP contribution in [0, 0.1) is 6.92 Å². The minimum Gasteiger partial charge on any atom is -0.454 e. The number of carbonyl (C=O) groups is 2. The summed E-state index contributed by atoms with van der Waals surface area (Å²) in [7, 11) is 0. The fourth-order valence-corrected chi connectivity index (χ4v) is 2.99. The van der Waals surface area contributed by atoms with Crippen LogP contribution in [-0.4, -0.2) is 24.8 Å². The molecule has 7 heteroatoms. The van der Waals surface area contributed by atoms with E-state index in [0.29, 0.717) is 22.6 Å². The van der Waals surface area contributed by atoms with Crippen molar-refractivity contribution >= 4 is 24.1 Å². The average Bonchev–Trinajstić information content (AvgIpc) is 3.28. The van der Waals surface area contributed by atoms with Crippen LogP contribution in [0.25, 0.3) is 6.08 Å². The predicted molar refractivity (Wildman–Crippen MR) is 121 cm³/mol. The highest BCUT2D eigenvalue weighted by molar-refractivity contribution is 6.05. The summed E-state index contributed by atoms with van der Waals surface area (Å²) in [5.74, 6) is 0.236. The first-order valence-electron chi connectivity index (χ1n) is 9.96. The van der Waals surface area contributed by atoms with Crippen molar-refractivity contribution in [2.24, 2.45) is 5.10 Å². The monoisotopic (exact) mass is 427 g/mol. The Hall–Kier alpha value is -4.39. The standard InChI is InChI=1S/C25H21N3O4/c1-17-7-9-18(10-8-17)15-26-28-25(30)21(27-24(29)20-5-3-2-4-6-20)13-19-11-12-22-23(14-19)32-16-31-22/h2-15H,16H2,1H3,(H,27,29)(H,28,30). The summed E-state index contributed by atoms with van der Waals surface area (Å²) in [5, 5.41) is 6.68. The van der Waals surface area contributed by atoms with E-state index in [1.54, 1.807) is 48.5 Å². The lowest BCUT2D eigenvalue weighted by atomic mass is 10.1. The lowest BCUT2D eigenvalue weighted by Crippen LogP contribution is -2.32. The number of nitrogens with one attached hydrogen (secondary N) is 2. The van der Waals surface area contributed by atoms with E-state index in [2.05, 4.69) is 15.8 Å². The number of fused-ring (bicyclic) bond motifs is 1. The van der Waals surface area contributed by atoms with Crippen molar-refractivity contribution in [2.75, 3.05) is 6.79 Å². The van der Waals surface area contributed by atoms with Gasteiger partial charge in [0, 0.05) is 5.56 Å². The van der Waals surface area contributed by atoms with Gasteiger partial charge in [0.1, 0.15) is 5.70 Å². The maximum absolute atomic E-state index is 12.8. The first kappa shape index (κ1) is 20.9. The van der Waals surface area contributed by atoms with Crippen molar-refractivity contribution in [1.29, 1.82) is 0 Å². The first-order valence-corrected chi connectivity index (χ1v) is 9.96. The second-order valence-corrected chi connectivity index (χ2v) is 7.10. The zero-order valence-electron chi connectivity index (χ0n) is 17.4. The van der Waals surface area contributed by atoms with Crippen molar-refractivity contribution in [3.8, 4) is 11.5 Å². The van der Waals surface area contributed by atoms with Crippen molar-refractivity contribution in [2.45, 2.75) is 6.92 Å². The summed E-state index contributed by atoms with van der Waals surface area (Å²) in [6, 6.07) is 21.6. The van der Waals surface area contributed by atoms with Gasteiger partial charge in [0.05, 0.1) is 6.21 Å². The number of ether oxygens (including phenoxy) is 2. The summed E-state index contributed by atoms with van der Waals surface area (Å²) in [6.45, 7) is 2.14. The quantitative estimate of drug-likeness (QED) is 0.357. The van der Waals surface area contributed by atoms with Gasteiger partial charge in [-0.3, -0.25) is 9.59 Å². The molecule has 0 fully saturated rings. The van der Waals surface area contributed by atoms with Gasteiger partial charge in [0.2, 0.25) is 6.79 Å². The fourth-order valence-electron chi connectivity index (χ4n) is 2.99. The molecule has 0 aromatic heterocycles. The van der Waals surface area contributed by atoms with Gasteiger partial charge in [-0.2, -0.15) is 5.10 Å². The lowest BCUT2D eigenvalue weighted by Gasteiger charge is -2.09. The van der Waals surface area contributed by atoms with Crippen LogP contribution in [-0.2, 0) is 4.79 Å². The van der Waals surface area contributed by atoms with Crippen molar-refractivity contribution < 1.29 is 19.1 Å². The minimum absolute atomic E-state index is 0.0405. The Bertz CT molecular complexity index is 1190. The van der Waals surface area contributed by atoms with E-state index in [1.807, 2.05) is 37.3 Å². The third-order valence-corrected chi connectivity index (χ3v) is 4.69. The van der Waals surface area contributed by atoms with Gasteiger partial charge in [-0.25, -0.2) is 5.43 Å². The molecule has 0 bridgehead atoms. The molecule has 3 aromatic rings. The van der Waals surface area contributed by atoms with Crippen molar-refractivity contribution in [3.63, 3.8) is 0 Å². The van der Waals surface area contributed by atoms with E-state index in [-0.39, 0.29) is 12.5 Å². The topological polar surface area (TPSA) is 89.0 Å². The van der Waals surface area contributed by atoms with E-state index in [4.69, 9.17) is 9.47 Å². The molecule has 2 amide bonds. The van der Waals surface area contributed by atoms with Gasteiger partial charge >= 0.3 is 0 Å². The number of benzene rings is 3. The largest absolute Gasteiger partial charge is 0.454 e.